The highest BCUT2D eigenvalue weighted by Gasteiger charge is 2.21. The molecule has 2 aromatic heterocycles. The number of nitrogens with zero attached hydrogens (tertiary/aromatic N) is 6. The second-order valence-electron chi connectivity index (χ2n) is 6.36. The Bertz CT molecular complexity index is 956. The van der Waals surface area contributed by atoms with Crippen LogP contribution in [0, 0.1) is 11.3 Å². The first kappa shape index (κ1) is 17.8. The molecule has 0 N–H and O–H groups in total. The maximum Gasteiger partial charge on any atom is 0.298 e. The molecule has 8 heteroatoms. The number of rotatable bonds is 5. The van der Waals surface area contributed by atoms with Gasteiger partial charge in [0.15, 0.2) is 10.7 Å². The van der Waals surface area contributed by atoms with E-state index in [0.29, 0.717) is 17.2 Å². The molecule has 0 saturated carbocycles. The predicted octanol–water partition coefficient (Wildman–Crippen LogP) is 2.92. The molecule has 1 fully saturated rings. The Hall–Kier alpha value is -2.63. The lowest BCUT2D eigenvalue weighted by molar-refractivity contribution is 0.245. The maximum atomic E-state index is 9.01. The topological polar surface area (TPSA) is 82.1 Å². The Morgan fingerprint density at radius 2 is 1.96 bits per heavy atom. The molecule has 0 aliphatic carbocycles. The fourth-order valence-electron chi connectivity index (χ4n) is 3.10. The van der Waals surface area contributed by atoms with Crippen LogP contribution < -0.4 is 4.90 Å². The number of oxazole rings is 1. The van der Waals surface area contributed by atoms with Gasteiger partial charge in [-0.1, -0.05) is 18.7 Å². The Morgan fingerprint density at radius 1 is 1.19 bits per heavy atom. The van der Waals surface area contributed by atoms with E-state index in [1.165, 1.54) is 0 Å². The van der Waals surface area contributed by atoms with E-state index in [-0.39, 0.29) is 0 Å². The molecule has 4 rings (SSSR count). The van der Waals surface area contributed by atoms with Gasteiger partial charge in [-0.3, -0.25) is 4.90 Å². The van der Waals surface area contributed by atoms with E-state index in [4.69, 9.17) is 9.68 Å². The average Bonchev–Trinajstić information content (AvgIpc) is 3.13. The molecule has 1 aliphatic rings. The summed E-state index contributed by atoms with van der Waals surface area (Å²) < 4.78 is 5.86. The van der Waals surface area contributed by atoms with Crippen LogP contribution in [0.5, 0.6) is 0 Å². The molecule has 0 unspecified atom stereocenters. The highest BCUT2D eigenvalue weighted by Crippen LogP contribution is 2.24. The summed E-state index contributed by atoms with van der Waals surface area (Å²) >= 11 is 1.65. The normalized spacial score (nSPS) is 15.2. The van der Waals surface area contributed by atoms with Crippen molar-refractivity contribution in [2.24, 2.45) is 0 Å². The minimum Gasteiger partial charge on any atom is -0.423 e. The van der Waals surface area contributed by atoms with Crippen molar-refractivity contribution in [2.45, 2.75) is 18.6 Å². The second-order valence-corrected chi connectivity index (χ2v) is 7.59. The molecule has 0 radical (unpaired) electrons. The highest BCUT2D eigenvalue weighted by molar-refractivity contribution is 7.99. The Kier molecular flexibility index (Phi) is 5.23. The first-order valence-electron chi connectivity index (χ1n) is 8.97. The quantitative estimate of drug-likeness (QED) is 0.494. The highest BCUT2D eigenvalue weighted by atomic mass is 32.2. The van der Waals surface area contributed by atoms with Crippen LogP contribution >= 0.6 is 11.8 Å². The van der Waals surface area contributed by atoms with Gasteiger partial charge in [-0.15, -0.1) is 0 Å². The molecule has 0 spiro atoms. The number of hydrogen-bond donors (Lipinski definition) is 0. The first-order chi connectivity index (χ1) is 13.2. The van der Waals surface area contributed by atoms with E-state index in [9.17, 15) is 0 Å². The molecule has 1 saturated heterocycles. The van der Waals surface area contributed by atoms with Gasteiger partial charge in [0.05, 0.1) is 11.6 Å². The van der Waals surface area contributed by atoms with Gasteiger partial charge >= 0.3 is 0 Å². The third kappa shape index (κ3) is 4.04. The Morgan fingerprint density at radius 3 is 2.67 bits per heavy atom. The lowest BCUT2D eigenvalue weighted by atomic mass is 10.2. The number of hydrogen-bond acceptors (Lipinski definition) is 8. The zero-order valence-corrected chi connectivity index (χ0v) is 15.9. The van der Waals surface area contributed by atoms with Crippen LogP contribution in [0.1, 0.15) is 18.1 Å². The monoisotopic (exact) mass is 380 g/mol. The molecule has 3 heterocycles. The van der Waals surface area contributed by atoms with Gasteiger partial charge in [0.2, 0.25) is 0 Å². The zero-order chi connectivity index (χ0) is 18.6. The maximum absolute atomic E-state index is 9.01. The van der Waals surface area contributed by atoms with Crippen molar-refractivity contribution in [1.82, 2.24) is 19.9 Å². The number of fused-ring (bicyclic) bond motifs is 1. The van der Waals surface area contributed by atoms with Crippen LogP contribution in [0.15, 0.2) is 40.2 Å². The lowest BCUT2D eigenvalue weighted by Crippen LogP contribution is -2.46. The average molecular weight is 380 g/mol. The molecular weight excluding hydrogens is 360 g/mol. The summed E-state index contributed by atoms with van der Waals surface area (Å²) in [4.78, 5) is 17.9. The summed E-state index contributed by atoms with van der Waals surface area (Å²) in [6.45, 7) is 6.50. The molecular formula is C19H20N6OS. The summed E-state index contributed by atoms with van der Waals surface area (Å²) in [5.41, 5.74) is 3.16. The molecule has 7 nitrogen and oxygen atoms in total. The summed E-state index contributed by atoms with van der Waals surface area (Å²) in [6.07, 6.45) is 3.84. The predicted molar refractivity (Wildman–Crippen MR) is 105 cm³/mol. The minimum atomic E-state index is 0.584. The largest absolute Gasteiger partial charge is 0.423 e. The number of aromatic nitrogens is 3. The van der Waals surface area contributed by atoms with E-state index in [1.54, 1.807) is 23.9 Å². The van der Waals surface area contributed by atoms with Crippen molar-refractivity contribution < 1.29 is 4.42 Å². The van der Waals surface area contributed by atoms with Crippen molar-refractivity contribution in [1.29, 1.82) is 5.26 Å². The summed E-state index contributed by atoms with van der Waals surface area (Å²) in [5, 5.41) is 9.84. The molecule has 0 bridgehead atoms. The van der Waals surface area contributed by atoms with Crippen LogP contribution in [0.3, 0.4) is 0 Å². The van der Waals surface area contributed by atoms with Crippen molar-refractivity contribution in [3.8, 4) is 6.07 Å². The number of thioether (sulfide) groups is 1. The van der Waals surface area contributed by atoms with Gasteiger partial charge in [0.1, 0.15) is 5.52 Å². The number of anilines is 1. The van der Waals surface area contributed by atoms with Gasteiger partial charge in [0.25, 0.3) is 6.01 Å². The van der Waals surface area contributed by atoms with Crippen LogP contribution in [-0.2, 0) is 6.54 Å². The van der Waals surface area contributed by atoms with Crippen molar-refractivity contribution >= 4 is 28.9 Å². The molecule has 0 atom stereocenters. The Balaban J connectivity index is 1.36. The minimum absolute atomic E-state index is 0.584. The summed E-state index contributed by atoms with van der Waals surface area (Å²) in [5.74, 6) is 0.981. The van der Waals surface area contributed by atoms with E-state index in [1.807, 2.05) is 18.5 Å². The first-order valence-corrected chi connectivity index (χ1v) is 9.95. The van der Waals surface area contributed by atoms with Gasteiger partial charge in [-0.05, 0) is 17.9 Å². The molecule has 27 heavy (non-hydrogen) atoms. The SMILES string of the molecule is CCSc1ncc(CN2CCN(c3nc4ccc(C#N)cc4o3)CC2)cn1. The standard InChI is InChI=1S/C19H20N6OS/c1-2-27-18-21-11-15(12-22-18)13-24-5-7-25(8-6-24)19-23-16-4-3-14(10-20)9-17(16)26-19/h3-4,9,11-12H,2,5-8,13H2,1H3. The number of piperazine rings is 1. The van der Waals surface area contributed by atoms with E-state index in [0.717, 1.165) is 54.7 Å². The van der Waals surface area contributed by atoms with Crippen LogP contribution in [0.4, 0.5) is 6.01 Å². The smallest absolute Gasteiger partial charge is 0.298 e. The summed E-state index contributed by atoms with van der Waals surface area (Å²) in [6, 6.07) is 8.09. The van der Waals surface area contributed by atoms with Gasteiger partial charge < -0.3 is 9.32 Å². The van der Waals surface area contributed by atoms with Crippen LogP contribution in [0.2, 0.25) is 0 Å². The van der Waals surface area contributed by atoms with Crippen molar-refractivity contribution in [2.75, 3.05) is 36.8 Å². The molecule has 3 aromatic rings. The van der Waals surface area contributed by atoms with Crippen LogP contribution in [-0.4, -0.2) is 51.8 Å². The lowest BCUT2D eigenvalue weighted by Gasteiger charge is -2.33. The fourth-order valence-corrected chi connectivity index (χ4v) is 3.61. The fraction of sp³-hybridized carbons (Fsp3) is 0.368. The van der Waals surface area contributed by atoms with Crippen molar-refractivity contribution in [3.05, 3.63) is 41.7 Å². The summed E-state index contributed by atoms with van der Waals surface area (Å²) in [7, 11) is 0. The third-order valence-electron chi connectivity index (χ3n) is 4.51. The van der Waals surface area contributed by atoms with Crippen LogP contribution in [0.25, 0.3) is 11.1 Å². The van der Waals surface area contributed by atoms with E-state index in [2.05, 4.69) is 37.7 Å². The van der Waals surface area contributed by atoms with Gasteiger partial charge in [0, 0.05) is 56.7 Å². The second kappa shape index (κ2) is 7.94. The van der Waals surface area contributed by atoms with E-state index < -0.39 is 0 Å². The zero-order valence-electron chi connectivity index (χ0n) is 15.1. The number of nitriles is 1. The third-order valence-corrected chi connectivity index (χ3v) is 5.27. The Labute approximate surface area is 162 Å². The van der Waals surface area contributed by atoms with Gasteiger partial charge in [-0.25, -0.2) is 9.97 Å². The number of benzene rings is 1. The molecule has 1 aromatic carbocycles. The van der Waals surface area contributed by atoms with Gasteiger partial charge in [-0.2, -0.15) is 10.2 Å². The van der Waals surface area contributed by atoms with E-state index >= 15 is 0 Å². The molecule has 1 aliphatic heterocycles. The molecule has 0 amide bonds. The van der Waals surface area contributed by atoms with Crippen molar-refractivity contribution in [3.63, 3.8) is 0 Å². The molecule has 138 valence electrons.